The molecular formula is C25H17Cl2I2NO4. The maximum Gasteiger partial charge on any atom is 0.363 e. The van der Waals surface area contributed by atoms with Gasteiger partial charge in [0.15, 0.2) is 17.2 Å². The summed E-state index contributed by atoms with van der Waals surface area (Å²) < 4.78 is 19.1. The predicted molar refractivity (Wildman–Crippen MR) is 151 cm³/mol. The molecule has 0 saturated carbocycles. The summed E-state index contributed by atoms with van der Waals surface area (Å²) in [6.45, 7) is 2.73. The average Bonchev–Trinajstić information content (AvgIpc) is 3.16. The molecule has 0 fully saturated rings. The standard InChI is InChI=1S/C25H17Cl2I2NO4/c1-2-32-22-11-15(9-20(29)23(22)33-13-14-3-5-16(26)6-4-14)10-21-25(31)34-24(30-21)18-12-17(28)7-8-19(18)27/h3-12H,2,13H2,1H3/b21-10-. The van der Waals surface area contributed by atoms with Crippen LogP contribution in [0.15, 0.2) is 65.3 Å². The number of cyclic esters (lactones) is 1. The first-order valence-electron chi connectivity index (χ1n) is 10.2. The number of carbonyl (C=O) groups excluding carboxylic acids is 1. The van der Waals surface area contributed by atoms with Gasteiger partial charge >= 0.3 is 5.97 Å². The summed E-state index contributed by atoms with van der Waals surface area (Å²) >= 11 is 16.6. The van der Waals surface area contributed by atoms with Gasteiger partial charge < -0.3 is 14.2 Å². The van der Waals surface area contributed by atoms with E-state index in [2.05, 4.69) is 50.2 Å². The number of aliphatic imine (C=N–C) groups is 1. The van der Waals surface area contributed by atoms with E-state index in [0.717, 1.165) is 18.3 Å². The highest BCUT2D eigenvalue weighted by molar-refractivity contribution is 14.1. The Morgan fingerprint density at radius 3 is 2.53 bits per heavy atom. The molecule has 4 rings (SSSR count). The van der Waals surface area contributed by atoms with Crippen molar-refractivity contribution in [3.63, 3.8) is 0 Å². The molecule has 5 nitrogen and oxygen atoms in total. The SMILES string of the molecule is CCOc1cc(/C=C2\N=C(c3cc(I)ccc3Cl)OC2=O)cc(I)c1OCc1ccc(Cl)cc1. The van der Waals surface area contributed by atoms with E-state index in [4.69, 9.17) is 37.4 Å². The molecule has 3 aromatic carbocycles. The number of hydrogen-bond acceptors (Lipinski definition) is 5. The highest BCUT2D eigenvalue weighted by atomic mass is 127. The molecule has 0 spiro atoms. The molecule has 9 heteroatoms. The fourth-order valence-electron chi connectivity index (χ4n) is 3.15. The van der Waals surface area contributed by atoms with Gasteiger partial charge in [0.05, 0.1) is 20.8 Å². The molecule has 0 N–H and O–H groups in total. The van der Waals surface area contributed by atoms with Crippen LogP contribution in [0, 0.1) is 7.14 Å². The third kappa shape index (κ3) is 6.05. The molecule has 1 aliphatic rings. The van der Waals surface area contributed by atoms with E-state index in [0.29, 0.717) is 40.3 Å². The number of nitrogens with zero attached hydrogens (tertiary/aromatic N) is 1. The first kappa shape index (κ1) is 25.3. The summed E-state index contributed by atoms with van der Waals surface area (Å²) in [6, 6.07) is 16.6. The van der Waals surface area contributed by atoms with Crippen LogP contribution in [0.1, 0.15) is 23.6 Å². The summed E-state index contributed by atoms with van der Waals surface area (Å²) in [5.74, 6) is 0.846. The lowest BCUT2D eigenvalue weighted by molar-refractivity contribution is -0.129. The Morgan fingerprint density at radius 2 is 1.79 bits per heavy atom. The number of rotatable bonds is 7. The summed E-state index contributed by atoms with van der Waals surface area (Å²) in [6.07, 6.45) is 1.66. The number of carbonyl (C=O) groups is 1. The van der Waals surface area contributed by atoms with Crippen molar-refractivity contribution < 1.29 is 19.0 Å². The van der Waals surface area contributed by atoms with Crippen molar-refractivity contribution in [2.75, 3.05) is 6.61 Å². The van der Waals surface area contributed by atoms with Gasteiger partial charge in [-0.3, -0.25) is 0 Å². The molecule has 0 saturated heterocycles. The molecule has 0 atom stereocenters. The maximum absolute atomic E-state index is 12.5. The lowest BCUT2D eigenvalue weighted by atomic mass is 10.1. The van der Waals surface area contributed by atoms with Crippen LogP contribution in [0.25, 0.3) is 6.08 Å². The topological polar surface area (TPSA) is 57.1 Å². The average molecular weight is 720 g/mol. The molecule has 0 bridgehead atoms. The van der Waals surface area contributed by atoms with Crippen molar-refractivity contribution >= 4 is 86.3 Å². The predicted octanol–water partition coefficient (Wildman–Crippen LogP) is 7.52. The summed E-state index contributed by atoms with van der Waals surface area (Å²) in [5, 5.41) is 1.13. The fraction of sp³-hybridized carbons (Fsp3) is 0.120. The molecule has 174 valence electrons. The van der Waals surface area contributed by atoms with Crippen molar-refractivity contribution in [2.24, 2.45) is 4.99 Å². The number of halogens is 4. The Bertz CT molecular complexity index is 1310. The van der Waals surface area contributed by atoms with Gasteiger partial charge in [0.1, 0.15) is 6.61 Å². The smallest absolute Gasteiger partial charge is 0.363 e. The Morgan fingerprint density at radius 1 is 1.03 bits per heavy atom. The molecule has 0 aromatic heterocycles. The summed E-state index contributed by atoms with van der Waals surface area (Å²) in [4.78, 5) is 16.9. The zero-order chi connectivity index (χ0) is 24.2. The molecule has 0 amide bonds. The van der Waals surface area contributed by atoms with Crippen molar-refractivity contribution in [1.82, 2.24) is 0 Å². The highest BCUT2D eigenvalue weighted by Crippen LogP contribution is 2.36. The first-order valence-corrected chi connectivity index (χ1v) is 13.1. The monoisotopic (exact) mass is 719 g/mol. The number of esters is 1. The molecule has 34 heavy (non-hydrogen) atoms. The van der Waals surface area contributed by atoms with Gasteiger partial charge in [-0.2, -0.15) is 0 Å². The van der Waals surface area contributed by atoms with Gasteiger partial charge in [-0.15, -0.1) is 0 Å². The molecular weight excluding hydrogens is 703 g/mol. The van der Waals surface area contributed by atoms with Crippen LogP contribution >= 0.6 is 68.4 Å². The second kappa shape index (κ2) is 11.3. The van der Waals surface area contributed by atoms with Crippen LogP contribution in [-0.4, -0.2) is 18.5 Å². The van der Waals surface area contributed by atoms with E-state index in [1.807, 2.05) is 55.5 Å². The fourth-order valence-corrected chi connectivity index (χ4v) is 4.75. The first-order chi connectivity index (χ1) is 16.3. The van der Waals surface area contributed by atoms with Crippen LogP contribution in [0.4, 0.5) is 0 Å². The van der Waals surface area contributed by atoms with E-state index in [9.17, 15) is 4.79 Å². The third-order valence-corrected chi connectivity index (χ3v) is 6.76. The van der Waals surface area contributed by atoms with Crippen LogP contribution in [-0.2, 0) is 16.1 Å². The molecule has 1 aliphatic heterocycles. The van der Waals surface area contributed by atoms with E-state index in [1.165, 1.54) is 0 Å². The van der Waals surface area contributed by atoms with E-state index < -0.39 is 5.97 Å². The van der Waals surface area contributed by atoms with E-state index >= 15 is 0 Å². The minimum Gasteiger partial charge on any atom is -0.490 e. The van der Waals surface area contributed by atoms with Gasteiger partial charge in [0.2, 0.25) is 5.90 Å². The molecule has 0 unspecified atom stereocenters. The normalized spacial score (nSPS) is 14.2. The van der Waals surface area contributed by atoms with E-state index in [-0.39, 0.29) is 11.6 Å². The summed E-state index contributed by atoms with van der Waals surface area (Å²) in [5.41, 5.74) is 2.47. The van der Waals surface area contributed by atoms with Crippen LogP contribution in [0.3, 0.4) is 0 Å². The third-order valence-electron chi connectivity index (χ3n) is 4.71. The van der Waals surface area contributed by atoms with Crippen molar-refractivity contribution in [2.45, 2.75) is 13.5 Å². The molecule has 1 heterocycles. The van der Waals surface area contributed by atoms with Crippen LogP contribution < -0.4 is 9.47 Å². The van der Waals surface area contributed by atoms with Crippen molar-refractivity contribution in [3.8, 4) is 11.5 Å². The van der Waals surface area contributed by atoms with Crippen LogP contribution in [0.2, 0.25) is 10.0 Å². The Hall–Kier alpha value is -1.82. The molecule has 0 aliphatic carbocycles. The van der Waals surface area contributed by atoms with Crippen molar-refractivity contribution in [1.29, 1.82) is 0 Å². The Balaban J connectivity index is 1.62. The van der Waals surface area contributed by atoms with Gasteiger partial charge in [-0.05, 0) is 112 Å². The molecule has 0 radical (unpaired) electrons. The van der Waals surface area contributed by atoms with E-state index in [1.54, 1.807) is 12.1 Å². The highest BCUT2D eigenvalue weighted by Gasteiger charge is 2.26. The molecule has 3 aromatic rings. The zero-order valence-electron chi connectivity index (χ0n) is 17.8. The second-order valence-corrected chi connectivity index (χ2v) is 10.4. The number of benzene rings is 3. The van der Waals surface area contributed by atoms with Crippen LogP contribution in [0.5, 0.6) is 11.5 Å². The van der Waals surface area contributed by atoms with Gasteiger partial charge in [0.25, 0.3) is 0 Å². The number of ether oxygens (including phenoxy) is 3. The lowest BCUT2D eigenvalue weighted by Gasteiger charge is -2.15. The number of hydrogen-bond donors (Lipinski definition) is 0. The largest absolute Gasteiger partial charge is 0.490 e. The van der Waals surface area contributed by atoms with Gasteiger partial charge in [0, 0.05) is 8.59 Å². The van der Waals surface area contributed by atoms with Gasteiger partial charge in [-0.25, -0.2) is 9.79 Å². The zero-order valence-corrected chi connectivity index (χ0v) is 23.6. The minimum atomic E-state index is -0.541. The second-order valence-electron chi connectivity index (χ2n) is 7.14. The Labute approximate surface area is 234 Å². The lowest BCUT2D eigenvalue weighted by Crippen LogP contribution is -2.06. The Kier molecular flexibility index (Phi) is 8.39. The van der Waals surface area contributed by atoms with Crippen molar-refractivity contribution in [3.05, 3.63) is 94.2 Å². The van der Waals surface area contributed by atoms with Gasteiger partial charge in [-0.1, -0.05) is 35.3 Å². The quantitative estimate of drug-likeness (QED) is 0.144. The summed E-state index contributed by atoms with van der Waals surface area (Å²) in [7, 11) is 0. The minimum absolute atomic E-state index is 0.179. The maximum atomic E-state index is 12.5.